The van der Waals surface area contributed by atoms with Gasteiger partial charge in [0.1, 0.15) is 0 Å². The Morgan fingerprint density at radius 1 is 1.08 bits per heavy atom. The van der Waals surface area contributed by atoms with E-state index in [2.05, 4.69) is 4.72 Å². The number of carboxylic acids is 1. The van der Waals surface area contributed by atoms with Crippen LogP contribution in [0.5, 0.6) is 0 Å². The molecule has 0 aliphatic rings. The second-order valence-corrected chi connectivity index (χ2v) is 6.57. The number of sulfonamides is 1. The first-order valence-corrected chi connectivity index (χ1v) is 8.28. The molecule has 0 saturated carbocycles. The smallest absolute Gasteiger partial charge is 0.416 e. The van der Waals surface area contributed by atoms with Crippen LogP contribution in [0.4, 0.5) is 18.9 Å². The number of hydrogen-bond donors (Lipinski definition) is 2. The number of carboxylic acid groups (broad SMARTS) is 1. The first-order chi connectivity index (χ1) is 11.6. The molecule has 2 aromatic rings. The monoisotopic (exact) mass is 371 g/mol. The van der Waals surface area contributed by atoms with Gasteiger partial charge in [-0.05, 0) is 42.0 Å². The fraction of sp³-hybridized carbons (Fsp3) is 0.0625. The summed E-state index contributed by atoms with van der Waals surface area (Å²) in [6.07, 6.45) is -3.14. The van der Waals surface area contributed by atoms with Crippen molar-refractivity contribution in [2.45, 2.75) is 11.1 Å². The van der Waals surface area contributed by atoms with Gasteiger partial charge < -0.3 is 5.11 Å². The van der Waals surface area contributed by atoms with Crippen LogP contribution in [0.15, 0.2) is 59.5 Å². The van der Waals surface area contributed by atoms with Gasteiger partial charge in [-0.3, -0.25) is 4.72 Å². The van der Waals surface area contributed by atoms with Gasteiger partial charge in [0.05, 0.1) is 16.1 Å². The molecule has 0 aliphatic carbocycles. The lowest BCUT2D eigenvalue weighted by Crippen LogP contribution is -2.14. The molecule has 0 aliphatic heterocycles. The molecule has 0 saturated heterocycles. The summed E-state index contributed by atoms with van der Waals surface area (Å²) in [7, 11) is -4.04. The van der Waals surface area contributed by atoms with Crippen molar-refractivity contribution in [1.29, 1.82) is 0 Å². The molecule has 2 rings (SSSR count). The van der Waals surface area contributed by atoms with Gasteiger partial charge >= 0.3 is 12.1 Å². The van der Waals surface area contributed by atoms with E-state index in [0.29, 0.717) is 18.2 Å². The van der Waals surface area contributed by atoms with Crippen molar-refractivity contribution in [2.24, 2.45) is 0 Å². The fourth-order valence-electron chi connectivity index (χ4n) is 1.93. The molecule has 2 aromatic carbocycles. The Labute approximate surface area is 141 Å². The Kier molecular flexibility index (Phi) is 5.17. The lowest BCUT2D eigenvalue weighted by molar-refractivity contribution is -0.137. The third kappa shape index (κ3) is 4.83. The number of anilines is 1. The van der Waals surface area contributed by atoms with Crippen LogP contribution in [0.25, 0.3) is 6.08 Å². The van der Waals surface area contributed by atoms with Gasteiger partial charge in [-0.15, -0.1) is 0 Å². The molecule has 0 spiro atoms. The maximum atomic E-state index is 12.8. The Morgan fingerprint density at radius 2 is 1.72 bits per heavy atom. The Hall–Kier alpha value is -2.81. The highest BCUT2D eigenvalue weighted by molar-refractivity contribution is 7.92. The van der Waals surface area contributed by atoms with E-state index in [1.807, 2.05) is 0 Å². The zero-order chi connectivity index (χ0) is 18.7. The highest BCUT2D eigenvalue weighted by Crippen LogP contribution is 2.33. The van der Waals surface area contributed by atoms with Crippen molar-refractivity contribution < 1.29 is 31.5 Å². The molecule has 2 N–H and O–H groups in total. The number of alkyl halides is 3. The zero-order valence-electron chi connectivity index (χ0n) is 12.5. The van der Waals surface area contributed by atoms with E-state index < -0.39 is 27.7 Å². The van der Waals surface area contributed by atoms with Crippen molar-refractivity contribution in [3.05, 3.63) is 65.7 Å². The highest BCUT2D eigenvalue weighted by Gasteiger charge is 2.31. The summed E-state index contributed by atoms with van der Waals surface area (Å²) in [5, 5.41) is 8.66. The number of benzene rings is 2. The molecule has 9 heteroatoms. The van der Waals surface area contributed by atoms with Crippen molar-refractivity contribution in [1.82, 2.24) is 0 Å². The van der Waals surface area contributed by atoms with Crippen molar-refractivity contribution in [3.63, 3.8) is 0 Å². The van der Waals surface area contributed by atoms with Gasteiger partial charge in [-0.2, -0.15) is 13.2 Å². The van der Waals surface area contributed by atoms with Gasteiger partial charge in [0, 0.05) is 6.08 Å². The van der Waals surface area contributed by atoms with Gasteiger partial charge in [0.25, 0.3) is 10.0 Å². The molecule has 0 aromatic heterocycles. The minimum Gasteiger partial charge on any atom is -0.478 e. The van der Waals surface area contributed by atoms with E-state index in [-0.39, 0.29) is 16.1 Å². The van der Waals surface area contributed by atoms with E-state index in [9.17, 15) is 26.4 Å². The quantitative estimate of drug-likeness (QED) is 0.787. The normalized spacial score (nSPS) is 12.3. The molecular formula is C16H12F3NO4S. The van der Waals surface area contributed by atoms with Crippen molar-refractivity contribution in [3.8, 4) is 0 Å². The van der Waals surface area contributed by atoms with E-state index in [0.717, 1.165) is 12.1 Å². The molecule has 0 fully saturated rings. The first kappa shape index (κ1) is 18.5. The van der Waals surface area contributed by atoms with E-state index in [4.69, 9.17) is 5.11 Å². The second-order valence-electron chi connectivity index (χ2n) is 4.89. The molecule has 25 heavy (non-hydrogen) atoms. The Bertz CT molecular complexity index is 907. The standard InChI is InChI=1S/C16H12F3NO4S/c17-16(18,19)12-7-8-14(11(10-12)6-9-15(21)22)20-25(23,24)13-4-2-1-3-5-13/h1-10,20H,(H,21,22)/b9-6+. The maximum absolute atomic E-state index is 12.8. The average Bonchev–Trinajstić information content (AvgIpc) is 2.53. The van der Waals surface area contributed by atoms with Crippen LogP contribution in [0.2, 0.25) is 0 Å². The molecule has 0 amide bonds. The van der Waals surface area contributed by atoms with Gasteiger partial charge in [-0.1, -0.05) is 18.2 Å². The number of halogens is 3. The van der Waals surface area contributed by atoms with Gasteiger partial charge in [-0.25, -0.2) is 13.2 Å². The lowest BCUT2D eigenvalue weighted by atomic mass is 10.1. The van der Waals surface area contributed by atoms with Crippen LogP contribution in [-0.4, -0.2) is 19.5 Å². The van der Waals surface area contributed by atoms with E-state index >= 15 is 0 Å². The first-order valence-electron chi connectivity index (χ1n) is 6.80. The fourth-order valence-corrected chi connectivity index (χ4v) is 3.04. The lowest BCUT2D eigenvalue weighted by Gasteiger charge is -2.13. The number of carbonyl (C=O) groups is 1. The molecule has 0 radical (unpaired) electrons. The minimum absolute atomic E-state index is 0.0805. The van der Waals surface area contributed by atoms with Crippen LogP contribution >= 0.6 is 0 Å². The summed E-state index contributed by atoms with van der Waals surface area (Å²) in [6, 6.07) is 9.55. The third-order valence-electron chi connectivity index (χ3n) is 3.08. The topological polar surface area (TPSA) is 83.5 Å². The van der Waals surface area contributed by atoms with Crippen LogP contribution in [0, 0.1) is 0 Å². The summed E-state index contributed by atoms with van der Waals surface area (Å²) in [5.74, 6) is -1.38. The van der Waals surface area contributed by atoms with Crippen LogP contribution < -0.4 is 4.72 Å². The number of aliphatic carboxylic acids is 1. The Balaban J connectivity index is 2.48. The number of hydrogen-bond acceptors (Lipinski definition) is 3. The van der Waals surface area contributed by atoms with Crippen molar-refractivity contribution in [2.75, 3.05) is 4.72 Å². The average molecular weight is 371 g/mol. The summed E-state index contributed by atoms with van der Waals surface area (Å²) in [5.41, 5.74) is -1.42. The third-order valence-corrected chi connectivity index (χ3v) is 4.46. The maximum Gasteiger partial charge on any atom is 0.416 e. The molecule has 132 valence electrons. The van der Waals surface area contributed by atoms with Gasteiger partial charge in [0.2, 0.25) is 0 Å². The second kappa shape index (κ2) is 6.98. The summed E-state index contributed by atoms with van der Waals surface area (Å²) >= 11 is 0. The van der Waals surface area contributed by atoms with Crippen molar-refractivity contribution >= 4 is 27.8 Å². The predicted octanol–water partition coefficient (Wildman–Crippen LogP) is 3.60. The number of nitrogens with one attached hydrogen (secondary N) is 1. The molecule has 0 unspecified atom stereocenters. The van der Waals surface area contributed by atoms with Crippen LogP contribution in [-0.2, 0) is 21.0 Å². The predicted molar refractivity (Wildman–Crippen MR) is 85.4 cm³/mol. The summed E-state index contributed by atoms with van der Waals surface area (Å²) in [4.78, 5) is 10.5. The van der Waals surface area contributed by atoms with E-state index in [1.54, 1.807) is 6.07 Å². The van der Waals surface area contributed by atoms with Gasteiger partial charge in [0.15, 0.2) is 0 Å². The highest BCUT2D eigenvalue weighted by atomic mass is 32.2. The molecule has 0 heterocycles. The minimum atomic E-state index is -4.65. The molecule has 0 bridgehead atoms. The SMILES string of the molecule is O=C(O)/C=C/c1cc(C(F)(F)F)ccc1NS(=O)(=O)c1ccccc1. The summed E-state index contributed by atoms with van der Waals surface area (Å²) in [6.45, 7) is 0. The molecule has 0 atom stereocenters. The van der Waals surface area contributed by atoms with Crippen LogP contribution in [0.1, 0.15) is 11.1 Å². The molecule has 5 nitrogen and oxygen atoms in total. The summed E-state index contributed by atoms with van der Waals surface area (Å²) < 4.78 is 65.2. The Morgan fingerprint density at radius 3 is 2.28 bits per heavy atom. The van der Waals surface area contributed by atoms with E-state index in [1.165, 1.54) is 24.3 Å². The number of rotatable bonds is 5. The van der Waals surface area contributed by atoms with Crippen LogP contribution in [0.3, 0.4) is 0 Å². The zero-order valence-corrected chi connectivity index (χ0v) is 13.3. The molecular weight excluding hydrogens is 359 g/mol. The largest absolute Gasteiger partial charge is 0.478 e.